The minimum Gasteiger partial charge on any atom is -0.380 e. The lowest BCUT2D eigenvalue weighted by atomic mass is 9.96. The van der Waals surface area contributed by atoms with Crippen LogP contribution in [-0.2, 0) is 4.74 Å². The van der Waals surface area contributed by atoms with Gasteiger partial charge in [0.1, 0.15) is 0 Å². The molecule has 2 aliphatic rings. The second kappa shape index (κ2) is 6.58. The zero-order chi connectivity index (χ0) is 11.2. The van der Waals surface area contributed by atoms with Crippen molar-refractivity contribution >= 4 is 0 Å². The SMILES string of the molecule is CCCN(CC1CCNCC1)C1CCOC1. The summed E-state index contributed by atoms with van der Waals surface area (Å²) in [6.45, 7) is 9.19. The predicted molar refractivity (Wildman–Crippen MR) is 66.7 cm³/mol. The molecule has 2 saturated heterocycles. The molecule has 2 rings (SSSR count). The summed E-state index contributed by atoms with van der Waals surface area (Å²) < 4.78 is 5.52. The molecule has 0 spiro atoms. The molecule has 0 radical (unpaired) electrons. The maximum atomic E-state index is 5.52. The molecular formula is C13H26N2O. The van der Waals surface area contributed by atoms with Crippen molar-refractivity contribution in [3.63, 3.8) is 0 Å². The van der Waals surface area contributed by atoms with Gasteiger partial charge in [-0.1, -0.05) is 6.92 Å². The number of rotatable bonds is 5. The average molecular weight is 226 g/mol. The molecule has 2 fully saturated rings. The second-order valence-electron chi connectivity index (χ2n) is 5.21. The lowest BCUT2D eigenvalue weighted by molar-refractivity contribution is 0.122. The quantitative estimate of drug-likeness (QED) is 0.768. The summed E-state index contributed by atoms with van der Waals surface area (Å²) in [5, 5.41) is 3.45. The predicted octanol–water partition coefficient (Wildman–Crippen LogP) is 1.49. The second-order valence-corrected chi connectivity index (χ2v) is 5.21. The van der Waals surface area contributed by atoms with Crippen LogP contribution in [0.3, 0.4) is 0 Å². The summed E-state index contributed by atoms with van der Waals surface area (Å²) in [7, 11) is 0. The minimum atomic E-state index is 0.704. The van der Waals surface area contributed by atoms with E-state index >= 15 is 0 Å². The summed E-state index contributed by atoms with van der Waals surface area (Å²) in [5.74, 6) is 0.911. The van der Waals surface area contributed by atoms with Gasteiger partial charge in [0.05, 0.1) is 6.61 Å². The smallest absolute Gasteiger partial charge is 0.0622 e. The van der Waals surface area contributed by atoms with Gasteiger partial charge in [-0.25, -0.2) is 0 Å². The van der Waals surface area contributed by atoms with Crippen LogP contribution in [0.1, 0.15) is 32.6 Å². The Kier molecular flexibility index (Phi) is 5.07. The molecule has 2 heterocycles. The number of nitrogens with zero attached hydrogens (tertiary/aromatic N) is 1. The molecule has 1 N–H and O–H groups in total. The molecule has 0 amide bonds. The van der Waals surface area contributed by atoms with Crippen LogP contribution in [0, 0.1) is 5.92 Å². The third kappa shape index (κ3) is 3.44. The highest BCUT2D eigenvalue weighted by atomic mass is 16.5. The van der Waals surface area contributed by atoms with E-state index in [9.17, 15) is 0 Å². The molecule has 1 unspecified atom stereocenters. The van der Waals surface area contributed by atoms with Gasteiger partial charge in [-0.3, -0.25) is 4.90 Å². The van der Waals surface area contributed by atoms with Gasteiger partial charge in [0.15, 0.2) is 0 Å². The van der Waals surface area contributed by atoms with Crippen molar-refractivity contribution in [2.45, 2.75) is 38.6 Å². The Labute approximate surface area is 99.5 Å². The van der Waals surface area contributed by atoms with Gasteiger partial charge < -0.3 is 10.1 Å². The summed E-state index contributed by atoms with van der Waals surface area (Å²) in [6, 6.07) is 0.704. The number of hydrogen-bond donors (Lipinski definition) is 1. The molecule has 94 valence electrons. The van der Waals surface area contributed by atoms with Crippen LogP contribution in [0.5, 0.6) is 0 Å². The first-order valence-electron chi connectivity index (χ1n) is 6.92. The van der Waals surface area contributed by atoms with Gasteiger partial charge in [-0.2, -0.15) is 0 Å². The van der Waals surface area contributed by atoms with Crippen LogP contribution < -0.4 is 5.32 Å². The topological polar surface area (TPSA) is 24.5 Å². The van der Waals surface area contributed by atoms with E-state index in [0.717, 1.165) is 19.1 Å². The van der Waals surface area contributed by atoms with Crippen molar-refractivity contribution < 1.29 is 4.74 Å². The Morgan fingerprint density at radius 2 is 2.06 bits per heavy atom. The molecule has 0 aromatic carbocycles. The molecule has 0 aromatic heterocycles. The highest BCUT2D eigenvalue weighted by Crippen LogP contribution is 2.19. The Morgan fingerprint density at radius 1 is 1.25 bits per heavy atom. The van der Waals surface area contributed by atoms with E-state index < -0.39 is 0 Å². The fourth-order valence-corrected chi connectivity index (χ4v) is 2.92. The summed E-state index contributed by atoms with van der Waals surface area (Å²) >= 11 is 0. The van der Waals surface area contributed by atoms with Gasteiger partial charge in [0.2, 0.25) is 0 Å². The van der Waals surface area contributed by atoms with Crippen molar-refractivity contribution in [1.29, 1.82) is 0 Å². The lowest BCUT2D eigenvalue weighted by Gasteiger charge is -2.33. The largest absolute Gasteiger partial charge is 0.380 e. The Morgan fingerprint density at radius 3 is 2.69 bits per heavy atom. The van der Waals surface area contributed by atoms with Crippen LogP contribution in [0.2, 0.25) is 0 Å². The fourth-order valence-electron chi connectivity index (χ4n) is 2.92. The molecule has 16 heavy (non-hydrogen) atoms. The highest BCUT2D eigenvalue weighted by molar-refractivity contribution is 4.79. The van der Waals surface area contributed by atoms with Crippen LogP contribution in [-0.4, -0.2) is 50.3 Å². The maximum Gasteiger partial charge on any atom is 0.0622 e. The van der Waals surface area contributed by atoms with Crippen molar-refractivity contribution in [3.05, 3.63) is 0 Å². The van der Waals surface area contributed by atoms with E-state index in [1.54, 1.807) is 0 Å². The first kappa shape index (κ1) is 12.3. The Hall–Kier alpha value is -0.120. The van der Waals surface area contributed by atoms with Crippen LogP contribution in [0.25, 0.3) is 0 Å². The van der Waals surface area contributed by atoms with E-state index in [1.807, 2.05) is 0 Å². The fraction of sp³-hybridized carbons (Fsp3) is 1.00. The first-order valence-corrected chi connectivity index (χ1v) is 6.92. The van der Waals surface area contributed by atoms with Gasteiger partial charge >= 0.3 is 0 Å². The van der Waals surface area contributed by atoms with Gasteiger partial charge in [0.25, 0.3) is 0 Å². The van der Waals surface area contributed by atoms with Gasteiger partial charge in [-0.05, 0) is 51.2 Å². The van der Waals surface area contributed by atoms with Crippen molar-refractivity contribution in [2.75, 3.05) is 39.4 Å². The van der Waals surface area contributed by atoms with E-state index in [-0.39, 0.29) is 0 Å². The van der Waals surface area contributed by atoms with Crippen LogP contribution in [0.4, 0.5) is 0 Å². The molecule has 0 bridgehead atoms. The molecule has 2 aliphatic heterocycles. The average Bonchev–Trinajstić information content (AvgIpc) is 2.83. The first-order chi connectivity index (χ1) is 7.90. The van der Waals surface area contributed by atoms with Crippen molar-refractivity contribution in [2.24, 2.45) is 5.92 Å². The minimum absolute atomic E-state index is 0.704. The monoisotopic (exact) mass is 226 g/mol. The molecule has 0 aliphatic carbocycles. The zero-order valence-corrected chi connectivity index (χ0v) is 10.6. The molecule has 0 saturated carbocycles. The summed E-state index contributed by atoms with van der Waals surface area (Å²) in [6.07, 6.45) is 5.22. The third-order valence-corrected chi connectivity index (χ3v) is 3.88. The van der Waals surface area contributed by atoms with E-state index in [2.05, 4.69) is 17.1 Å². The number of piperidine rings is 1. The number of ether oxygens (including phenoxy) is 1. The summed E-state index contributed by atoms with van der Waals surface area (Å²) in [5.41, 5.74) is 0. The van der Waals surface area contributed by atoms with E-state index in [1.165, 1.54) is 51.9 Å². The molecule has 1 atom stereocenters. The standard InChI is InChI=1S/C13H26N2O/c1-2-8-15(13-5-9-16-11-13)10-12-3-6-14-7-4-12/h12-14H,2-11H2,1H3. The normalized spacial score (nSPS) is 27.8. The van der Waals surface area contributed by atoms with Crippen molar-refractivity contribution in [3.8, 4) is 0 Å². The molecular weight excluding hydrogens is 200 g/mol. The van der Waals surface area contributed by atoms with E-state index in [4.69, 9.17) is 4.74 Å². The number of hydrogen-bond acceptors (Lipinski definition) is 3. The summed E-state index contributed by atoms with van der Waals surface area (Å²) in [4.78, 5) is 2.68. The molecule has 0 aromatic rings. The molecule has 3 heteroatoms. The third-order valence-electron chi connectivity index (χ3n) is 3.88. The van der Waals surface area contributed by atoms with Crippen LogP contribution in [0.15, 0.2) is 0 Å². The zero-order valence-electron chi connectivity index (χ0n) is 10.6. The van der Waals surface area contributed by atoms with E-state index in [0.29, 0.717) is 6.04 Å². The Balaban J connectivity index is 1.80. The van der Waals surface area contributed by atoms with Crippen molar-refractivity contribution in [1.82, 2.24) is 10.2 Å². The molecule has 3 nitrogen and oxygen atoms in total. The van der Waals surface area contributed by atoms with Gasteiger partial charge in [0, 0.05) is 19.2 Å². The maximum absolute atomic E-state index is 5.52. The highest BCUT2D eigenvalue weighted by Gasteiger charge is 2.25. The van der Waals surface area contributed by atoms with Gasteiger partial charge in [-0.15, -0.1) is 0 Å². The Bertz CT molecular complexity index is 186. The number of nitrogens with one attached hydrogen (secondary N) is 1. The van der Waals surface area contributed by atoms with Crippen LogP contribution >= 0.6 is 0 Å². The lowest BCUT2D eigenvalue weighted by Crippen LogP contribution is -2.42.